The molecule has 0 radical (unpaired) electrons. The fourth-order valence-corrected chi connectivity index (χ4v) is 6.82. The van der Waals surface area contributed by atoms with E-state index in [4.69, 9.17) is 23.2 Å². The lowest BCUT2D eigenvalue weighted by molar-refractivity contribution is -0.140. The van der Waals surface area contributed by atoms with Crippen LogP contribution in [0.3, 0.4) is 0 Å². The summed E-state index contributed by atoms with van der Waals surface area (Å²) in [6, 6.07) is 26.9. The highest BCUT2D eigenvalue weighted by Crippen LogP contribution is 2.29. The Bertz CT molecular complexity index is 1770. The predicted octanol–water partition coefficient (Wildman–Crippen LogP) is 7.36. The van der Waals surface area contributed by atoms with Gasteiger partial charge in [-0.1, -0.05) is 102 Å². The molecule has 0 saturated heterocycles. The highest BCUT2D eigenvalue weighted by atomic mass is 35.5. The summed E-state index contributed by atoms with van der Waals surface area (Å²) in [7, 11) is -4.19. The van der Waals surface area contributed by atoms with Crippen LogP contribution in [-0.2, 0) is 32.6 Å². The van der Waals surface area contributed by atoms with Gasteiger partial charge in [-0.15, -0.1) is 0 Å². The van der Waals surface area contributed by atoms with E-state index < -0.39 is 28.5 Å². The van der Waals surface area contributed by atoms with Crippen molar-refractivity contribution in [2.45, 2.75) is 64.1 Å². The summed E-state index contributed by atoms with van der Waals surface area (Å²) in [5.41, 5.74) is 3.44. The molecular formula is C36H39Cl2N3O4S. The molecule has 4 aromatic rings. The highest BCUT2D eigenvalue weighted by molar-refractivity contribution is 7.92. The molecule has 0 bridgehead atoms. The average Bonchev–Trinajstić information content (AvgIpc) is 3.04. The average molecular weight is 681 g/mol. The number of benzene rings is 4. The Morgan fingerprint density at radius 1 is 0.826 bits per heavy atom. The van der Waals surface area contributed by atoms with Gasteiger partial charge in [0.25, 0.3) is 10.0 Å². The summed E-state index contributed by atoms with van der Waals surface area (Å²) in [4.78, 5) is 30.0. The van der Waals surface area contributed by atoms with E-state index in [1.165, 1.54) is 17.0 Å². The number of rotatable bonds is 13. The van der Waals surface area contributed by atoms with Gasteiger partial charge in [0.2, 0.25) is 11.8 Å². The van der Waals surface area contributed by atoms with E-state index in [-0.39, 0.29) is 29.8 Å². The molecular weight excluding hydrogens is 641 g/mol. The van der Waals surface area contributed by atoms with Crippen molar-refractivity contribution in [3.05, 3.63) is 129 Å². The second-order valence-electron chi connectivity index (χ2n) is 11.4. The number of nitrogens with one attached hydrogen (secondary N) is 1. The van der Waals surface area contributed by atoms with Crippen LogP contribution in [0.1, 0.15) is 42.5 Å². The maximum absolute atomic E-state index is 14.6. The van der Waals surface area contributed by atoms with E-state index in [1.807, 2.05) is 57.2 Å². The van der Waals surface area contributed by atoms with Crippen molar-refractivity contribution in [2.24, 2.45) is 0 Å². The minimum atomic E-state index is -4.19. The van der Waals surface area contributed by atoms with Crippen LogP contribution >= 0.6 is 23.2 Å². The molecule has 7 nitrogen and oxygen atoms in total. The smallest absolute Gasteiger partial charge is 0.264 e. The molecule has 0 aromatic heterocycles. The summed E-state index contributed by atoms with van der Waals surface area (Å²) in [5, 5.41) is 3.69. The molecule has 0 saturated carbocycles. The molecule has 242 valence electrons. The van der Waals surface area contributed by atoms with Crippen LogP contribution in [0, 0.1) is 13.8 Å². The van der Waals surface area contributed by atoms with Gasteiger partial charge in [-0.3, -0.25) is 13.9 Å². The van der Waals surface area contributed by atoms with Crippen LogP contribution in [0.5, 0.6) is 0 Å². The maximum atomic E-state index is 14.6. The van der Waals surface area contributed by atoms with Gasteiger partial charge in [0.15, 0.2) is 0 Å². The van der Waals surface area contributed by atoms with E-state index in [1.54, 1.807) is 55.5 Å². The largest absolute Gasteiger partial charge is 0.352 e. The minimum absolute atomic E-state index is 0.00661. The third kappa shape index (κ3) is 8.69. The SMILES string of the molecule is CC[C@@H](C)NC(=O)[C@H](Cc1ccccc1)N(Cc1ccc(Cl)c(Cl)c1)C(=O)CN(c1ccccc1C)S(=O)(=O)c1ccc(C)cc1. The number of hydrogen-bond donors (Lipinski definition) is 1. The van der Waals surface area contributed by atoms with Crippen molar-refractivity contribution in [1.29, 1.82) is 0 Å². The molecule has 0 aliphatic heterocycles. The topological polar surface area (TPSA) is 86.8 Å². The number of carbonyl (C=O) groups is 2. The van der Waals surface area contributed by atoms with Gasteiger partial charge in [-0.25, -0.2) is 8.42 Å². The van der Waals surface area contributed by atoms with E-state index in [0.717, 1.165) is 15.4 Å². The van der Waals surface area contributed by atoms with Crippen molar-refractivity contribution < 1.29 is 18.0 Å². The summed E-state index contributed by atoms with van der Waals surface area (Å²) in [6.45, 7) is 6.99. The predicted molar refractivity (Wildman–Crippen MR) is 186 cm³/mol. The molecule has 0 heterocycles. The molecule has 1 N–H and O–H groups in total. The summed E-state index contributed by atoms with van der Waals surface area (Å²) in [5.74, 6) is -0.888. The van der Waals surface area contributed by atoms with Gasteiger partial charge in [0.1, 0.15) is 12.6 Å². The van der Waals surface area contributed by atoms with Gasteiger partial charge >= 0.3 is 0 Å². The minimum Gasteiger partial charge on any atom is -0.352 e. The van der Waals surface area contributed by atoms with E-state index in [2.05, 4.69) is 5.32 Å². The summed E-state index contributed by atoms with van der Waals surface area (Å²) >= 11 is 12.5. The number of aryl methyl sites for hydroxylation is 2. The third-order valence-corrected chi connectivity index (χ3v) is 10.4. The first-order valence-corrected chi connectivity index (χ1v) is 17.3. The monoisotopic (exact) mass is 679 g/mol. The van der Waals surface area contributed by atoms with Crippen LogP contribution in [0.25, 0.3) is 0 Å². The molecule has 0 spiro atoms. The molecule has 0 aliphatic rings. The van der Waals surface area contributed by atoms with E-state index in [0.29, 0.717) is 33.3 Å². The Morgan fingerprint density at radius 3 is 2.11 bits per heavy atom. The standard InChI is InChI=1S/C36H39Cl2N3O4S/c1-5-27(4)39-36(43)34(22-28-12-7-6-8-13-28)40(23-29-17-20-31(37)32(38)21-29)35(42)24-41(33-14-10-9-11-26(33)3)46(44,45)30-18-15-25(2)16-19-30/h6-21,27,34H,5,22-24H2,1-4H3,(H,39,43)/t27-,34+/m1/s1. The molecule has 2 atom stereocenters. The molecule has 10 heteroatoms. The second-order valence-corrected chi connectivity index (χ2v) is 14.1. The second kappa shape index (κ2) is 15.6. The first-order valence-electron chi connectivity index (χ1n) is 15.1. The summed E-state index contributed by atoms with van der Waals surface area (Å²) < 4.78 is 29.6. The number of nitrogens with zero attached hydrogens (tertiary/aromatic N) is 2. The lowest BCUT2D eigenvalue weighted by atomic mass is 10.0. The van der Waals surface area contributed by atoms with Gasteiger partial charge in [0.05, 0.1) is 20.6 Å². The van der Waals surface area contributed by atoms with Crippen LogP contribution in [-0.4, -0.2) is 43.8 Å². The number of sulfonamides is 1. The Hall–Kier alpha value is -3.85. The van der Waals surface area contributed by atoms with Gasteiger partial charge < -0.3 is 10.2 Å². The molecule has 0 aliphatic carbocycles. The zero-order chi connectivity index (χ0) is 33.4. The first-order chi connectivity index (χ1) is 21.9. The number of anilines is 1. The van der Waals surface area contributed by atoms with Crippen molar-refractivity contribution in [2.75, 3.05) is 10.8 Å². The molecule has 4 aromatic carbocycles. The van der Waals surface area contributed by atoms with Crippen molar-refractivity contribution in [3.63, 3.8) is 0 Å². The summed E-state index contributed by atoms with van der Waals surface area (Å²) in [6.07, 6.45) is 0.908. The Morgan fingerprint density at radius 2 is 1.48 bits per heavy atom. The Balaban J connectivity index is 1.83. The Labute approximate surface area is 282 Å². The van der Waals surface area contributed by atoms with Gasteiger partial charge in [-0.05, 0) is 74.2 Å². The molecule has 4 rings (SSSR count). The normalized spacial score (nSPS) is 12.7. The first kappa shape index (κ1) is 35.0. The lowest BCUT2D eigenvalue weighted by Gasteiger charge is -2.34. The number of carbonyl (C=O) groups excluding carboxylic acids is 2. The number of hydrogen-bond acceptors (Lipinski definition) is 4. The van der Waals surface area contributed by atoms with E-state index in [9.17, 15) is 18.0 Å². The van der Waals surface area contributed by atoms with Crippen LogP contribution < -0.4 is 9.62 Å². The zero-order valence-corrected chi connectivity index (χ0v) is 28.7. The van der Waals surface area contributed by atoms with Crippen LogP contribution in [0.2, 0.25) is 10.0 Å². The van der Waals surface area contributed by atoms with E-state index >= 15 is 0 Å². The third-order valence-electron chi connectivity index (χ3n) is 7.88. The number of amides is 2. The number of halogens is 2. The number of para-hydroxylation sites is 1. The fourth-order valence-electron chi connectivity index (χ4n) is 5.02. The highest BCUT2D eigenvalue weighted by Gasteiger charge is 2.35. The van der Waals surface area contributed by atoms with Crippen molar-refractivity contribution in [1.82, 2.24) is 10.2 Å². The van der Waals surface area contributed by atoms with Gasteiger partial charge in [0, 0.05) is 19.0 Å². The molecule has 46 heavy (non-hydrogen) atoms. The maximum Gasteiger partial charge on any atom is 0.264 e. The quantitative estimate of drug-likeness (QED) is 0.160. The zero-order valence-electron chi connectivity index (χ0n) is 26.4. The molecule has 2 amide bonds. The molecule has 0 fully saturated rings. The van der Waals surface area contributed by atoms with Gasteiger partial charge in [-0.2, -0.15) is 0 Å². The lowest BCUT2D eigenvalue weighted by Crippen LogP contribution is -2.54. The van der Waals surface area contributed by atoms with Crippen LogP contribution in [0.4, 0.5) is 5.69 Å². The Kier molecular flexibility index (Phi) is 11.9. The van der Waals surface area contributed by atoms with Crippen LogP contribution in [0.15, 0.2) is 102 Å². The van der Waals surface area contributed by atoms with Crippen molar-refractivity contribution in [3.8, 4) is 0 Å². The molecule has 0 unspecified atom stereocenters. The van der Waals surface area contributed by atoms with Crippen molar-refractivity contribution >= 4 is 50.7 Å². The fraction of sp³-hybridized carbons (Fsp3) is 0.278.